The molecule has 0 bridgehead atoms. The Morgan fingerprint density at radius 3 is 3.06 bits per heavy atom. The fourth-order valence-corrected chi connectivity index (χ4v) is 2.80. The van der Waals surface area contributed by atoms with Gasteiger partial charge in [-0.25, -0.2) is 4.98 Å². The van der Waals surface area contributed by atoms with E-state index in [0.717, 1.165) is 23.8 Å². The Morgan fingerprint density at radius 1 is 1.47 bits per heavy atom. The fraction of sp³-hybridized carbons (Fsp3) is 0.667. The van der Waals surface area contributed by atoms with E-state index in [-0.39, 0.29) is 0 Å². The highest BCUT2D eigenvalue weighted by atomic mass is 32.2. The first-order valence-corrected chi connectivity index (χ1v) is 7.29. The molecule has 1 aromatic heterocycles. The van der Waals surface area contributed by atoms with Crippen molar-refractivity contribution in [1.82, 2.24) is 20.2 Å². The molecule has 5 heteroatoms. The average Bonchev–Trinajstić information content (AvgIpc) is 2.39. The summed E-state index contributed by atoms with van der Waals surface area (Å²) in [6.45, 7) is 3.20. The van der Waals surface area contributed by atoms with Crippen molar-refractivity contribution in [2.24, 2.45) is 0 Å². The van der Waals surface area contributed by atoms with Gasteiger partial charge in [0, 0.05) is 31.5 Å². The zero-order chi connectivity index (χ0) is 12.1. The van der Waals surface area contributed by atoms with E-state index in [9.17, 15) is 0 Å². The predicted octanol–water partition coefficient (Wildman–Crippen LogP) is 1.38. The Kier molecular flexibility index (Phi) is 4.76. The van der Waals surface area contributed by atoms with Crippen LogP contribution in [0, 0.1) is 0 Å². The second-order valence-corrected chi connectivity index (χ2v) is 5.17. The molecule has 1 aliphatic rings. The summed E-state index contributed by atoms with van der Waals surface area (Å²) < 4.78 is 0. The van der Waals surface area contributed by atoms with Gasteiger partial charge in [0.15, 0.2) is 0 Å². The van der Waals surface area contributed by atoms with Crippen molar-refractivity contribution < 1.29 is 0 Å². The summed E-state index contributed by atoms with van der Waals surface area (Å²) in [6.07, 6.45) is 8.15. The van der Waals surface area contributed by atoms with Gasteiger partial charge in [-0.05, 0) is 32.7 Å². The molecule has 2 rings (SSSR count). The van der Waals surface area contributed by atoms with E-state index < -0.39 is 0 Å². The maximum atomic E-state index is 4.45. The molecule has 1 fully saturated rings. The summed E-state index contributed by atoms with van der Waals surface area (Å²) in [6, 6.07) is 0.623. The van der Waals surface area contributed by atoms with Crippen LogP contribution in [0.4, 0.5) is 0 Å². The molecule has 2 heterocycles. The molecule has 0 aromatic carbocycles. The van der Waals surface area contributed by atoms with E-state index in [2.05, 4.69) is 26.4 Å². The molecule has 1 aliphatic heterocycles. The van der Waals surface area contributed by atoms with Crippen molar-refractivity contribution in [3.8, 4) is 0 Å². The second kappa shape index (κ2) is 6.33. The van der Waals surface area contributed by atoms with Crippen molar-refractivity contribution in [2.75, 3.05) is 26.4 Å². The van der Waals surface area contributed by atoms with Gasteiger partial charge in [-0.15, -0.1) is 11.8 Å². The maximum Gasteiger partial charge on any atom is 0.119 e. The molecule has 0 radical (unpaired) electrons. The minimum absolute atomic E-state index is 0.623. The van der Waals surface area contributed by atoms with Crippen LogP contribution in [0.5, 0.6) is 0 Å². The lowest BCUT2D eigenvalue weighted by Crippen LogP contribution is -2.44. The summed E-state index contributed by atoms with van der Waals surface area (Å²) in [5.74, 6) is 0. The highest BCUT2D eigenvalue weighted by Crippen LogP contribution is 2.18. The number of hydrogen-bond donors (Lipinski definition) is 1. The van der Waals surface area contributed by atoms with Crippen LogP contribution < -0.4 is 5.32 Å². The van der Waals surface area contributed by atoms with Crippen LogP contribution >= 0.6 is 11.8 Å². The van der Waals surface area contributed by atoms with Gasteiger partial charge in [-0.3, -0.25) is 9.88 Å². The number of hydrogen-bond acceptors (Lipinski definition) is 5. The molecule has 17 heavy (non-hydrogen) atoms. The van der Waals surface area contributed by atoms with Gasteiger partial charge in [0.2, 0.25) is 0 Å². The largest absolute Gasteiger partial charge is 0.316 e. The van der Waals surface area contributed by atoms with Gasteiger partial charge in [-0.1, -0.05) is 0 Å². The minimum Gasteiger partial charge on any atom is -0.316 e. The first-order valence-electron chi connectivity index (χ1n) is 6.07. The number of thioether (sulfide) groups is 1. The molecule has 0 unspecified atom stereocenters. The molecule has 1 atom stereocenters. The van der Waals surface area contributed by atoms with Crippen LogP contribution in [0.25, 0.3) is 0 Å². The first-order chi connectivity index (χ1) is 8.33. The third kappa shape index (κ3) is 3.40. The van der Waals surface area contributed by atoms with Gasteiger partial charge in [-0.2, -0.15) is 0 Å². The zero-order valence-corrected chi connectivity index (χ0v) is 11.3. The van der Waals surface area contributed by atoms with Gasteiger partial charge < -0.3 is 5.32 Å². The SMILES string of the molecule is CN[C@H]1CCCN(Cc2nccnc2SC)C1. The number of piperidine rings is 1. The molecule has 0 aliphatic carbocycles. The highest BCUT2D eigenvalue weighted by molar-refractivity contribution is 7.98. The number of nitrogens with one attached hydrogen (secondary N) is 1. The molecule has 4 nitrogen and oxygen atoms in total. The van der Waals surface area contributed by atoms with E-state index in [0.29, 0.717) is 6.04 Å². The number of aromatic nitrogens is 2. The van der Waals surface area contributed by atoms with Crippen molar-refractivity contribution >= 4 is 11.8 Å². The molecule has 94 valence electrons. The number of likely N-dealkylation sites (tertiary alicyclic amines) is 1. The number of nitrogens with zero attached hydrogens (tertiary/aromatic N) is 3. The van der Waals surface area contributed by atoms with Crippen LogP contribution in [-0.2, 0) is 6.54 Å². The van der Waals surface area contributed by atoms with Gasteiger partial charge >= 0.3 is 0 Å². The topological polar surface area (TPSA) is 41.0 Å². The molecule has 1 aromatic rings. The van der Waals surface area contributed by atoms with Crippen LogP contribution in [-0.4, -0.2) is 47.3 Å². The lowest BCUT2D eigenvalue weighted by atomic mass is 10.1. The molecular formula is C12H20N4S. The molecule has 1 N–H and O–H groups in total. The van der Waals surface area contributed by atoms with Crippen molar-refractivity contribution in [3.63, 3.8) is 0 Å². The molecule has 0 spiro atoms. The lowest BCUT2D eigenvalue weighted by Gasteiger charge is -2.32. The third-order valence-electron chi connectivity index (χ3n) is 3.22. The third-order valence-corrected chi connectivity index (χ3v) is 3.94. The Hall–Kier alpha value is -0.650. The summed E-state index contributed by atoms with van der Waals surface area (Å²) in [7, 11) is 2.05. The van der Waals surface area contributed by atoms with Crippen molar-refractivity contribution in [2.45, 2.75) is 30.5 Å². The standard InChI is InChI=1S/C12H20N4S/c1-13-10-4-3-7-16(8-10)9-11-12(17-2)15-6-5-14-11/h5-6,10,13H,3-4,7-9H2,1-2H3/t10-/m0/s1. The average molecular weight is 252 g/mol. The second-order valence-electron chi connectivity index (χ2n) is 4.38. The highest BCUT2D eigenvalue weighted by Gasteiger charge is 2.19. The monoisotopic (exact) mass is 252 g/mol. The predicted molar refractivity (Wildman–Crippen MR) is 71.2 cm³/mol. The van der Waals surface area contributed by atoms with Gasteiger partial charge in [0.25, 0.3) is 0 Å². The minimum atomic E-state index is 0.623. The molecule has 0 saturated carbocycles. The quantitative estimate of drug-likeness (QED) is 0.820. The van der Waals surface area contributed by atoms with E-state index in [1.807, 2.05) is 7.05 Å². The van der Waals surface area contributed by atoms with Gasteiger partial charge in [0.1, 0.15) is 5.03 Å². The summed E-state index contributed by atoms with van der Waals surface area (Å²) in [5.41, 5.74) is 1.11. The zero-order valence-electron chi connectivity index (χ0n) is 10.5. The summed E-state index contributed by atoms with van der Waals surface area (Å²) in [4.78, 5) is 11.3. The van der Waals surface area contributed by atoms with Crippen molar-refractivity contribution in [1.29, 1.82) is 0 Å². The molecule has 1 saturated heterocycles. The first kappa shape index (κ1) is 12.8. The normalized spacial score (nSPS) is 21.6. The maximum absolute atomic E-state index is 4.45. The van der Waals surface area contributed by atoms with Crippen LogP contribution in [0.3, 0.4) is 0 Å². The van der Waals surface area contributed by atoms with Crippen LogP contribution in [0.1, 0.15) is 18.5 Å². The Morgan fingerprint density at radius 2 is 2.29 bits per heavy atom. The van der Waals surface area contributed by atoms with Crippen LogP contribution in [0.15, 0.2) is 17.4 Å². The smallest absolute Gasteiger partial charge is 0.119 e. The van der Waals surface area contributed by atoms with E-state index in [1.54, 1.807) is 24.2 Å². The Balaban J connectivity index is 2.00. The van der Waals surface area contributed by atoms with E-state index >= 15 is 0 Å². The summed E-state index contributed by atoms with van der Waals surface area (Å²) in [5, 5.41) is 4.42. The molecular weight excluding hydrogens is 232 g/mol. The lowest BCUT2D eigenvalue weighted by molar-refractivity contribution is 0.184. The molecule has 0 amide bonds. The van der Waals surface area contributed by atoms with Crippen molar-refractivity contribution in [3.05, 3.63) is 18.1 Å². The number of rotatable bonds is 4. The van der Waals surface area contributed by atoms with Gasteiger partial charge in [0.05, 0.1) is 5.69 Å². The van der Waals surface area contributed by atoms with Crippen LogP contribution in [0.2, 0.25) is 0 Å². The van der Waals surface area contributed by atoms with E-state index in [1.165, 1.54) is 19.4 Å². The van der Waals surface area contributed by atoms with E-state index in [4.69, 9.17) is 0 Å². The number of likely N-dealkylation sites (N-methyl/N-ethyl adjacent to an activating group) is 1. The Labute approximate surface area is 107 Å². The summed E-state index contributed by atoms with van der Waals surface area (Å²) >= 11 is 1.67. The fourth-order valence-electron chi connectivity index (χ4n) is 2.28. The Bertz CT molecular complexity index is 358.